The van der Waals surface area contributed by atoms with Crippen molar-refractivity contribution in [2.24, 2.45) is 0 Å². The third-order valence-corrected chi connectivity index (χ3v) is 4.35. The van der Waals surface area contributed by atoms with Crippen molar-refractivity contribution in [3.8, 4) is 6.07 Å². The van der Waals surface area contributed by atoms with Gasteiger partial charge in [-0.3, -0.25) is 14.7 Å². The Bertz CT molecular complexity index is 713. The van der Waals surface area contributed by atoms with E-state index < -0.39 is 0 Å². The van der Waals surface area contributed by atoms with Crippen molar-refractivity contribution >= 4 is 5.91 Å². The SMILES string of the molecule is N#Cc1ccc(CN2CCC(NC(=O)c3ccncc3)CC2)cc1. The number of benzene rings is 1. The van der Waals surface area contributed by atoms with E-state index in [1.165, 1.54) is 5.56 Å². The van der Waals surface area contributed by atoms with Gasteiger partial charge in [0.25, 0.3) is 5.91 Å². The molecule has 5 heteroatoms. The van der Waals surface area contributed by atoms with Gasteiger partial charge in [0.05, 0.1) is 11.6 Å². The molecule has 1 aliphatic heterocycles. The van der Waals surface area contributed by atoms with Gasteiger partial charge in [-0.2, -0.15) is 5.26 Å². The van der Waals surface area contributed by atoms with Gasteiger partial charge in [0.2, 0.25) is 0 Å². The van der Waals surface area contributed by atoms with Gasteiger partial charge in [0.15, 0.2) is 0 Å². The van der Waals surface area contributed by atoms with Gasteiger partial charge < -0.3 is 5.32 Å². The maximum absolute atomic E-state index is 12.2. The van der Waals surface area contributed by atoms with Crippen molar-refractivity contribution in [1.29, 1.82) is 5.26 Å². The number of hydrogen-bond donors (Lipinski definition) is 1. The lowest BCUT2D eigenvalue weighted by molar-refractivity contribution is 0.0909. The maximum Gasteiger partial charge on any atom is 0.251 e. The van der Waals surface area contributed by atoms with Crippen LogP contribution in [0.1, 0.15) is 34.3 Å². The molecule has 0 radical (unpaired) electrons. The van der Waals surface area contributed by atoms with E-state index in [1.807, 2.05) is 24.3 Å². The molecule has 2 aromatic rings. The number of likely N-dealkylation sites (tertiary alicyclic amines) is 1. The molecule has 1 aromatic heterocycles. The lowest BCUT2D eigenvalue weighted by Gasteiger charge is -2.32. The largest absolute Gasteiger partial charge is 0.349 e. The van der Waals surface area contributed by atoms with Gasteiger partial charge in [-0.25, -0.2) is 0 Å². The predicted octanol–water partition coefficient (Wildman–Crippen LogP) is 2.35. The monoisotopic (exact) mass is 320 g/mol. The Morgan fingerprint density at radius 1 is 1.17 bits per heavy atom. The van der Waals surface area contributed by atoms with Crippen LogP contribution in [0.15, 0.2) is 48.8 Å². The fraction of sp³-hybridized carbons (Fsp3) is 0.316. The molecule has 122 valence electrons. The lowest BCUT2D eigenvalue weighted by Crippen LogP contribution is -2.44. The van der Waals surface area contributed by atoms with Crippen LogP contribution in [0.4, 0.5) is 0 Å². The molecular formula is C19H20N4O. The number of nitrogens with zero attached hydrogens (tertiary/aromatic N) is 3. The highest BCUT2D eigenvalue weighted by molar-refractivity contribution is 5.94. The molecule has 5 nitrogen and oxygen atoms in total. The van der Waals surface area contributed by atoms with E-state index in [4.69, 9.17) is 5.26 Å². The van der Waals surface area contributed by atoms with Crippen LogP contribution in [0.3, 0.4) is 0 Å². The summed E-state index contributed by atoms with van der Waals surface area (Å²) in [5.74, 6) is -0.0251. The normalized spacial score (nSPS) is 15.6. The van der Waals surface area contributed by atoms with Gasteiger partial charge in [-0.15, -0.1) is 0 Å². The van der Waals surface area contributed by atoms with E-state index in [0.29, 0.717) is 11.1 Å². The third kappa shape index (κ3) is 4.18. The molecule has 1 N–H and O–H groups in total. The average Bonchev–Trinajstić information content (AvgIpc) is 2.65. The second-order valence-corrected chi connectivity index (χ2v) is 6.07. The number of aromatic nitrogens is 1. The molecule has 0 bridgehead atoms. The summed E-state index contributed by atoms with van der Waals surface area (Å²) in [6.07, 6.45) is 5.17. The molecule has 3 rings (SSSR count). The highest BCUT2D eigenvalue weighted by Crippen LogP contribution is 2.15. The van der Waals surface area contributed by atoms with E-state index in [1.54, 1.807) is 24.5 Å². The first-order valence-electron chi connectivity index (χ1n) is 8.17. The van der Waals surface area contributed by atoms with Crippen LogP contribution >= 0.6 is 0 Å². The number of nitriles is 1. The number of nitrogens with one attached hydrogen (secondary N) is 1. The molecule has 1 amide bonds. The maximum atomic E-state index is 12.2. The minimum Gasteiger partial charge on any atom is -0.349 e. The van der Waals surface area contributed by atoms with E-state index >= 15 is 0 Å². The second-order valence-electron chi connectivity index (χ2n) is 6.07. The summed E-state index contributed by atoms with van der Waals surface area (Å²) in [6.45, 7) is 2.80. The number of hydrogen-bond acceptors (Lipinski definition) is 4. The molecule has 0 atom stereocenters. The summed E-state index contributed by atoms with van der Waals surface area (Å²) in [5, 5.41) is 11.9. The Morgan fingerprint density at radius 3 is 2.46 bits per heavy atom. The molecule has 1 fully saturated rings. The van der Waals surface area contributed by atoms with Crippen LogP contribution in [-0.2, 0) is 6.54 Å². The van der Waals surface area contributed by atoms with Gasteiger partial charge in [-0.05, 0) is 42.7 Å². The molecule has 1 aromatic carbocycles. The molecule has 1 saturated heterocycles. The Kier molecular flexibility index (Phi) is 5.19. The van der Waals surface area contributed by atoms with E-state index in [2.05, 4.69) is 21.3 Å². The highest BCUT2D eigenvalue weighted by atomic mass is 16.1. The third-order valence-electron chi connectivity index (χ3n) is 4.35. The van der Waals surface area contributed by atoms with Crippen molar-refractivity contribution in [3.63, 3.8) is 0 Å². The van der Waals surface area contributed by atoms with Gasteiger partial charge in [0, 0.05) is 43.6 Å². The van der Waals surface area contributed by atoms with Crippen LogP contribution in [-0.4, -0.2) is 34.9 Å². The van der Waals surface area contributed by atoms with E-state index in [-0.39, 0.29) is 11.9 Å². The van der Waals surface area contributed by atoms with E-state index in [0.717, 1.165) is 32.5 Å². The van der Waals surface area contributed by atoms with Crippen molar-refractivity contribution in [1.82, 2.24) is 15.2 Å². The van der Waals surface area contributed by atoms with Gasteiger partial charge in [0.1, 0.15) is 0 Å². The van der Waals surface area contributed by atoms with Crippen LogP contribution < -0.4 is 5.32 Å². The summed E-state index contributed by atoms with van der Waals surface area (Å²) in [7, 11) is 0. The summed E-state index contributed by atoms with van der Waals surface area (Å²) < 4.78 is 0. The number of carbonyl (C=O) groups is 1. The number of rotatable bonds is 4. The molecule has 0 saturated carbocycles. The minimum atomic E-state index is -0.0251. The summed E-state index contributed by atoms with van der Waals surface area (Å²) in [6, 6.07) is 13.6. The molecule has 0 unspecified atom stereocenters. The fourth-order valence-corrected chi connectivity index (χ4v) is 2.95. The number of amides is 1. The first kappa shape index (κ1) is 16.2. The zero-order valence-electron chi connectivity index (χ0n) is 13.5. The molecule has 1 aliphatic rings. The van der Waals surface area contributed by atoms with Gasteiger partial charge >= 0.3 is 0 Å². The molecule has 0 aliphatic carbocycles. The van der Waals surface area contributed by atoms with Crippen molar-refractivity contribution in [2.45, 2.75) is 25.4 Å². The zero-order chi connectivity index (χ0) is 16.8. The van der Waals surface area contributed by atoms with Crippen molar-refractivity contribution in [3.05, 3.63) is 65.5 Å². The predicted molar refractivity (Wildman–Crippen MR) is 91.2 cm³/mol. The summed E-state index contributed by atoms with van der Waals surface area (Å²) in [4.78, 5) is 18.5. The Labute approximate surface area is 141 Å². The minimum absolute atomic E-state index is 0.0251. The molecule has 24 heavy (non-hydrogen) atoms. The first-order valence-corrected chi connectivity index (χ1v) is 8.17. The highest BCUT2D eigenvalue weighted by Gasteiger charge is 2.21. The number of piperidine rings is 1. The Balaban J connectivity index is 1.47. The average molecular weight is 320 g/mol. The first-order chi connectivity index (χ1) is 11.7. The molecule has 0 spiro atoms. The van der Waals surface area contributed by atoms with Crippen LogP contribution in [0.2, 0.25) is 0 Å². The number of pyridine rings is 1. The quantitative estimate of drug-likeness (QED) is 0.939. The summed E-state index contributed by atoms with van der Waals surface area (Å²) >= 11 is 0. The second kappa shape index (κ2) is 7.71. The van der Waals surface area contributed by atoms with Crippen molar-refractivity contribution in [2.75, 3.05) is 13.1 Å². The van der Waals surface area contributed by atoms with Crippen LogP contribution in [0.5, 0.6) is 0 Å². The van der Waals surface area contributed by atoms with Crippen LogP contribution in [0.25, 0.3) is 0 Å². The standard InChI is InChI=1S/C19H20N4O/c20-13-15-1-3-16(4-2-15)14-23-11-7-18(8-12-23)22-19(24)17-5-9-21-10-6-17/h1-6,9-10,18H,7-8,11-12,14H2,(H,22,24). The Hall–Kier alpha value is -2.71. The Morgan fingerprint density at radius 2 is 1.83 bits per heavy atom. The smallest absolute Gasteiger partial charge is 0.251 e. The van der Waals surface area contributed by atoms with Crippen LogP contribution in [0, 0.1) is 11.3 Å². The topological polar surface area (TPSA) is 69.0 Å². The zero-order valence-corrected chi connectivity index (χ0v) is 13.5. The molecule has 2 heterocycles. The van der Waals surface area contributed by atoms with Crippen molar-refractivity contribution < 1.29 is 4.79 Å². The lowest BCUT2D eigenvalue weighted by atomic mass is 10.0. The van der Waals surface area contributed by atoms with E-state index in [9.17, 15) is 4.79 Å². The fourth-order valence-electron chi connectivity index (χ4n) is 2.95. The number of carbonyl (C=O) groups excluding carboxylic acids is 1. The van der Waals surface area contributed by atoms with Gasteiger partial charge in [-0.1, -0.05) is 12.1 Å². The molecular weight excluding hydrogens is 300 g/mol. The summed E-state index contributed by atoms with van der Waals surface area (Å²) in [5.41, 5.74) is 2.56.